The molecule has 1 aromatic carbocycles. The summed E-state index contributed by atoms with van der Waals surface area (Å²) in [5.74, 6) is 1.18. The van der Waals surface area contributed by atoms with Crippen LogP contribution in [0, 0.1) is 5.41 Å². The minimum absolute atomic E-state index is 0.270. The quantitative estimate of drug-likeness (QED) is 0.738. The lowest BCUT2D eigenvalue weighted by atomic mass is 9.95. The van der Waals surface area contributed by atoms with Gasteiger partial charge in [-0.3, -0.25) is 4.79 Å². The molecule has 0 aromatic heterocycles. The van der Waals surface area contributed by atoms with Gasteiger partial charge in [-0.1, -0.05) is 0 Å². The summed E-state index contributed by atoms with van der Waals surface area (Å²) in [4.78, 5) is 11.4. The van der Waals surface area contributed by atoms with Gasteiger partial charge >= 0.3 is 5.97 Å². The predicted octanol–water partition coefficient (Wildman–Crippen LogP) is 2.27. The fraction of sp³-hybridized carbons (Fsp3) is 0.462. The van der Waals surface area contributed by atoms with Gasteiger partial charge in [-0.2, -0.15) is 0 Å². The fourth-order valence-electron chi connectivity index (χ4n) is 1.27. The van der Waals surface area contributed by atoms with E-state index in [2.05, 4.69) is 0 Å². The van der Waals surface area contributed by atoms with Crippen LogP contribution in [0.15, 0.2) is 24.3 Å². The molecular weight excluding hydrogens is 220 g/mol. The van der Waals surface area contributed by atoms with Gasteiger partial charge in [-0.25, -0.2) is 0 Å². The molecule has 0 bridgehead atoms. The number of rotatable bonds is 5. The summed E-state index contributed by atoms with van der Waals surface area (Å²) in [6.45, 7) is 3.83. The number of hydrogen-bond donors (Lipinski definition) is 0. The summed E-state index contributed by atoms with van der Waals surface area (Å²) in [6, 6.07) is 7.21. The van der Waals surface area contributed by atoms with Crippen molar-refractivity contribution in [3.05, 3.63) is 24.3 Å². The summed E-state index contributed by atoms with van der Waals surface area (Å²) in [6.07, 6.45) is 0. The van der Waals surface area contributed by atoms with Crippen LogP contribution in [-0.4, -0.2) is 26.8 Å². The van der Waals surface area contributed by atoms with E-state index in [1.165, 1.54) is 7.11 Å². The Labute approximate surface area is 101 Å². The molecular formula is C13H18O4. The van der Waals surface area contributed by atoms with E-state index >= 15 is 0 Å². The van der Waals surface area contributed by atoms with Gasteiger partial charge in [-0.15, -0.1) is 0 Å². The maximum Gasteiger partial charge on any atom is 0.314 e. The Kier molecular flexibility index (Phi) is 4.37. The van der Waals surface area contributed by atoms with Crippen LogP contribution >= 0.6 is 0 Å². The first-order valence-electron chi connectivity index (χ1n) is 5.35. The molecule has 0 N–H and O–H groups in total. The van der Waals surface area contributed by atoms with E-state index in [4.69, 9.17) is 14.2 Å². The van der Waals surface area contributed by atoms with Gasteiger partial charge in [0, 0.05) is 0 Å². The molecule has 1 aromatic rings. The van der Waals surface area contributed by atoms with Crippen molar-refractivity contribution in [2.45, 2.75) is 13.8 Å². The van der Waals surface area contributed by atoms with Crippen molar-refractivity contribution in [1.82, 2.24) is 0 Å². The second kappa shape index (κ2) is 5.57. The zero-order valence-electron chi connectivity index (χ0n) is 10.6. The van der Waals surface area contributed by atoms with Crippen molar-refractivity contribution < 1.29 is 19.0 Å². The summed E-state index contributed by atoms with van der Waals surface area (Å²) < 4.78 is 15.3. The second-order valence-electron chi connectivity index (χ2n) is 4.34. The lowest BCUT2D eigenvalue weighted by Gasteiger charge is -2.21. The monoisotopic (exact) mass is 238 g/mol. The Morgan fingerprint density at radius 3 is 2.12 bits per heavy atom. The van der Waals surface area contributed by atoms with Crippen LogP contribution in [0.1, 0.15) is 13.8 Å². The van der Waals surface area contributed by atoms with Crippen LogP contribution in [-0.2, 0) is 9.53 Å². The summed E-state index contributed by atoms with van der Waals surface area (Å²) in [5, 5.41) is 0. The van der Waals surface area contributed by atoms with Crippen LogP contribution in [0.5, 0.6) is 11.5 Å². The molecule has 1 rings (SSSR count). The summed E-state index contributed by atoms with van der Waals surface area (Å²) in [7, 11) is 2.98. The highest BCUT2D eigenvalue weighted by Gasteiger charge is 2.29. The van der Waals surface area contributed by atoms with Crippen molar-refractivity contribution in [1.29, 1.82) is 0 Å². The van der Waals surface area contributed by atoms with Gasteiger partial charge in [0.05, 0.1) is 19.6 Å². The van der Waals surface area contributed by atoms with Gasteiger partial charge in [0.25, 0.3) is 0 Å². The maximum absolute atomic E-state index is 11.4. The smallest absolute Gasteiger partial charge is 0.314 e. The van der Waals surface area contributed by atoms with E-state index in [1.807, 2.05) is 0 Å². The predicted molar refractivity (Wildman–Crippen MR) is 64.3 cm³/mol. The Hall–Kier alpha value is -1.71. The van der Waals surface area contributed by atoms with Gasteiger partial charge in [-0.05, 0) is 38.1 Å². The first kappa shape index (κ1) is 13.4. The van der Waals surface area contributed by atoms with E-state index < -0.39 is 5.41 Å². The Morgan fingerprint density at radius 1 is 1.12 bits per heavy atom. The van der Waals surface area contributed by atoms with Crippen molar-refractivity contribution in [3.8, 4) is 11.5 Å². The maximum atomic E-state index is 11.4. The zero-order valence-corrected chi connectivity index (χ0v) is 10.6. The molecule has 94 valence electrons. The van der Waals surface area contributed by atoms with Gasteiger partial charge < -0.3 is 14.2 Å². The first-order valence-corrected chi connectivity index (χ1v) is 5.35. The molecule has 17 heavy (non-hydrogen) atoms. The Bertz CT molecular complexity index is 368. The van der Waals surface area contributed by atoms with Crippen molar-refractivity contribution in [2.75, 3.05) is 20.8 Å². The number of benzene rings is 1. The number of carbonyl (C=O) groups is 1. The Balaban J connectivity index is 2.57. The molecule has 4 nitrogen and oxygen atoms in total. The van der Waals surface area contributed by atoms with Crippen molar-refractivity contribution >= 4 is 5.97 Å². The van der Waals surface area contributed by atoms with Gasteiger partial charge in [0.2, 0.25) is 0 Å². The van der Waals surface area contributed by atoms with E-state index in [9.17, 15) is 4.79 Å². The minimum atomic E-state index is -0.658. The first-order chi connectivity index (χ1) is 7.99. The molecule has 4 heteroatoms. The third-order valence-electron chi connectivity index (χ3n) is 2.40. The molecule has 0 saturated carbocycles. The normalized spacial score (nSPS) is 10.8. The van der Waals surface area contributed by atoms with Crippen LogP contribution < -0.4 is 9.47 Å². The third kappa shape index (κ3) is 3.66. The van der Waals surface area contributed by atoms with E-state index in [0.717, 1.165) is 5.75 Å². The number of ether oxygens (including phenoxy) is 3. The molecule has 0 aliphatic heterocycles. The number of hydrogen-bond acceptors (Lipinski definition) is 4. The highest BCUT2D eigenvalue weighted by atomic mass is 16.5. The second-order valence-corrected chi connectivity index (χ2v) is 4.34. The van der Waals surface area contributed by atoms with E-state index in [0.29, 0.717) is 5.75 Å². The molecule has 0 radical (unpaired) electrons. The molecule has 0 heterocycles. The van der Waals surface area contributed by atoms with Crippen LogP contribution in [0.4, 0.5) is 0 Å². The number of methoxy groups -OCH3 is 2. The van der Waals surface area contributed by atoms with Crippen molar-refractivity contribution in [3.63, 3.8) is 0 Å². The van der Waals surface area contributed by atoms with Gasteiger partial charge in [0.15, 0.2) is 0 Å². The highest BCUT2D eigenvalue weighted by Crippen LogP contribution is 2.22. The lowest BCUT2D eigenvalue weighted by molar-refractivity contribution is -0.152. The van der Waals surface area contributed by atoms with Crippen LogP contribution in [0.2, 0.25) is 0 Å². The average Bonchev–Trinajstić information content (AvgIpc) is 2.36. The van der Waals surface area contributed by atoms with Crippen LogP contribution in [0.3, 0.4) is 0 Å². The fourth-order valence-corrected chi connectivity index (χ4v) is 1.27. The largest absolute Gasteiger partial charge is 0.497 e. The zero-order chi connectivity index (χ0) is 12.9. The molecule has 0 spiro atoms. The standard InChI is InChI=1S/C13H18O4/c1-13(2,12(14)16-4)9-17-11-7-5-10(15-3)6-8-11/h5-8H,9H2,1-4H3. The molecule has 0 amide bonds. The molecule has 0 unspecified atom stereocenters. The average molecular weight is 238 g/mol. The number of esters is 1. The molecule has 0 aliphatic rings. The lowest BCUT2D eigenvalue weighted by Crippen LogP contribution is -2.32. The molecule has 0 aliphatic carbocycles. The molecule has 0 saturated heterocycles. The van der Waals surface area contributed by atoms with E-state index in [1.54, 1.807) is 45.2 Å². The Morgan fingerprint density at radius 2 is 1.65 bits per heavy atom. The third-order valence-corrected chi connectivity index (χ3v) is 2.40. The molecule has 0 atom stereocenters. The topological polar surface area (TPSA) is 44.8 Å². The molecule has 0 fully saturated rings. The summed E-state index contributed by atoms with van der Waals surface area (Å²) >= 11 is 0. The number of carbonyl (C=O) groups excluding carboxylic acids is 1. The van der Waals surface area contributed by atoms with Crippen molar-refractivity contribution in [2.24, 2.45) is 5.41 Å². The summed E-state index contributed by atoms with van der Waals surface area (Å²) in [5.41, 5.74) is -0.658. The van der Waals surface area contributed by atoms with Gasteiger partial charge in [0.1, 0.15) is 18.1 Å². The van der Waals surface area contributed by atoms with E-state index in [-0.39, 0.29) is 12.6 Å². The minimum Gasteiger partial charge on any atom is -0.497 e. The SMILES string of the molecule is COC(=O)C(C)(C)COc1ccc(OC)cc1. The van der Waals surface area contributed by atoms with Crippen LogP contribution in [0.25, 0.3) is 0 Å². The highest BCUT2D eigenvalue weighted by molar-refractivity contribution is 5.75.